The average molecular weight is 362 g/mol. The predicted octanol–water partition coefficient (Wildman–Crippen LogP) is 2.11. The van der Waals surface area contributed by atoms with Crippen LogP contribution in [0.5, 0.6) is 0 Å². The fourth-order valence-electron chi connectivity index (χ4n) is 2.96. The minimum atomic E-state index is -0.395. The highest BCUT2D eigenvalue weighted by Crippen LogP contribution is 2.23. The highest BCUT2D eigenvalue weighted by molar-refractivity contribution is 6.30. The van der Waals surface area contributed by atoms with Crippen LogP contribution in [0.1, 0.15) is 23.1 Å². The Labute approximate surface area is 151 Å². The third-order valence-corrected chi connectivity index (χ3v) is 4.55. The lowest BCUT2D eigenvalue weighted by Gasteiger charge is -2.33. The van der Waals surface area contributed by atoms with Crippen LogP contribution < -0.4 is 5.69 Å². The fraction of sp³-hybridized carbons (Fsp3) is 0.389. The number of amides is 1. The van der Waals surface area contributed by atoms with E-state index in [-0.39, 0.29) is 18.6 Å². The van der Waals surface area contributed by atoms with Gasteiger partial charge >= 0.3 is 5.69 Å². The van der Waals surface area contributed by atoms with E-state index in [9.17, 15) is 9.59 Å². The summed E-state index contributed by atoms with van der Waals surface area (Å²) in [5.74, 6) is -0.113. The van der Waals surface area contributed by atoms with Crippen molar-refractivity contribution < 1.29 is 9.53 Å². The molecule has 0 unspecified atom stereocenters. The molecule has 3 rings (SSSR count). The Morgan fingerprint density at radius 1 is 1.32 bits per heavy atom. The molecule has 1 amide bonds. The number of nitrogens with zero attached hydrogens (tertiary/aromatic N) is 3. The summed E-state index contributed by atoms with van der Waals surface area (Å²) in [5.41, 5.74) is 1.97. The molecule has 6 nitrogen and oxygen atoms in total. The number of ether oxygens (including phenoxy) is 1. The van der Waals surface area contributed by atoms with Crippen molar-refractivity contribution in [3.63, 3.8) is 0 Å². The van der Waals surface area contributed by atoms with Gasteiger partial charge in [0, 0.05) is 23.0 Å². The molecule has 0 N–H and O–H groups in total. The zero-order valence-electron chi connectivity index (χ0n) is 14.2. The van der Waals surface area contributed by atoms with Crippen LogP contribution in [-0.2, 0) is 16.1 Å². The number of aryl methyl sites for hydroxylation is 2. The van der Waals surface area contributed by atoms with E-state index < -0.39 is 5.69 Å². The first-order chi connectivity index (χ1) is 11.9. The summed E-state index contributed by atoms with van der Waals surface area (Å²) in [6, 6.07) is 9.22. The third-order valence-electron chi connectivity index (χ3n) is 4.30. The number of benzene rings is 1. The van der Waals surface area contributed by atoms with E-state index >= 15 is 0 Å². The van der Waals surface area contributed by atoms with Crippen LogP contribution in [0, 0.1) is 13.8 Å². The highest BCUT2D eigenvalue weighted by Gasteiger charge is 2.26. The van der Waals surface area contributed by atoms with E-state index in [0.29, 0.717) is 30.4 Å². The molecule has 1 atom stereocenters. The molecule has 132 valence electrons. The van der Waals surface area contributed by atoms with Crippen LogP contribution in [-0.4, -0.2) is 40.1 Å². The van der Waals surface area contributed by atoms with Crippen molar-refractivity contribution in [2.75, 3.05) is 19.7 Å². The second-order valence-corrected chi connectivity index (χ2v) is 6.59. The predicted molar refractivity (Wildman–Crippen MR) is 94.7 cm³/mol. The Balaban J connectivity index is 1.72. The Morgan fingerprint density at radius 2 is 2.04 bits per heavy atom. The van der Waals surface area contributed by atoms with Crippen LogP contribution >= 0.6 is 11.6 Å². The van der Waals surface area contributed by atoms with Crippen molar-refractivity contribution in [1.82, 2.24) is 14.5 Å². The molecule has 7 heteroatoms. The Hall–Kier alpha value is -2.18. The first-order valence-corrected chi connectivity index (χ1v) is 8.52. The van der Waals surface area contributed by atoms with Gasteiger partial charge in [-0.05, 0) is 37.6 Å². The summed E-state index contributed by atoms with van der Waals surface area (Å²) < 4.78 is 7.18. The lowest BCUT2D eigenvalue weighted by molar-refractivity contribution is -0.139. The summed E-state index contributed by atoms with van der Waals surface area (Å²) in [7, 11) is 0. The minimum absolute atomic E-state index is 0.00865. The molecule has 0 radical (unpaired) electrons. The van der Waals surface area contributed by atoms with E-state index in [0.717, 1.165) is 11.3 Å². The molecule has 0 aliphatic carbocycles. The van der Waals surface area contributed by atoms with Crippen molar-refractivity contribution in [2.24, 2.45) is 0 Å². The Kier molecular flexibility index (Phi) is 5.20. The van der Waals surface area contributed by atoms with Gasteiger partial charge in [0.25, 0.3) is 0 Å². The van der Waals surface area contributed by atoms with Gasteiger partial charge in [-0.25, -0.2) is 4.79 Å². The molecular formula is C18H20ClN3O3. The molecular weight excluding hydrogens is 342 g/mol. The zero-order valence-corrected chi connectivity index (χ0v) is 15.0. The van der Waals surface area contributed by atoms with Crippen molar-refractivity contribution >= 4 is 17.5 Å². The molecule has 2 aromatic rings. The molecule has 1 aromatic heterocycles. The maximum atomic E-state index is 12.6. The molecule has 1 aliphatic rings. The maximum absolute atomic E-state index is 12.6. The molecule has 1 fully saturated rings. The fourth-order valence-corrected chi connectivity index (χ4v) is 3.08. The van der Waals surface area contributed by atoms with E-state index in [4.69, 9.17) is 16.3 Å². The van der Waals surface area contributed by atoms with Gasteiger partial charge in [-0.15, -0.1) is 0 Å². The Bertz CT molecular complexity index is 832. The smallest absolute Gasteiger partial charge is 0.348 e. The van der Waals surface area contributed by atoms with Crippen LogP contribution in [0.2, 0.25) is 5.02 Å². The highest BCUT2D eigenvalue weighted by atomic mass is 35.5. The lowest BCUT2D eigenvalue weighted by Crippen LogP contribution is -2.45. The quantitative estimate of drug-likeness (QED) is 0.840. The largest absolute Gasteiger partial charge is 0.370 e. The number of hydrogen-bond acceptors (Lipinski definition) is 4. The molecule has 0 bridgehead atoms. The summed E-state index contributed by atoms with van der Waals surface area (Å²) >= 11 is 5.92. The van der Waals surface area contributed by atoms with Crippen LogP contribution in [0.3, 0.4) is 0 Å². The first-order valence-electron chi connectivity index (χ1n) is 8.14. The van der Waals surface area contributed by atoms with Gasteiger partial charge in [0.05, 0.1) is 13.2 Å². The second kappa shape index (κ2) is 7.37. The topological polar surface area (TPSA) is 64.4 Å². The number of carbonyl (C=O) groups is 1. The van der Waals surface area contributed by atoms with Gasteiger partial charge in [0.2, 0.25) is 5.91 Å². The van der Waals surface area contributed by atoms with Crippen LogP contribution in [0.15, 0.2) is 35.1 Å². The summed E-state index contributed by atoms with van der Waals surface area (Å²) in [6.07, 6.45) is -0.191. The van der Waals surface area contributed by atoms with E-state index in [1.807, 2.05) is 24.3 Å². The van der Waals surface area contributed by atoms with E-state index in [2.05, 4.69) is 4.98 Å². The van der Waals surface area contributed by atoms with E-state index in [1.54, 1.807) is 24.8 Å². The number of morpholine rings is 1. The van der Waals surface area contributed by atoms with Crippen molar-refractivity contribution in [1.29, 1.82) is 0 Å². The molecule has 1 aromatic carbocycles. The first kappa shape index (κ1) is 17.6. The van der Waals surface area contributed by atoms with Crippen LogP contribution in [0.4, 0.5) is 0 Å². The zero-order chi connectivity index (χ0) is 18.0. The average Bonchev–Trinajstić information content (AvgIpc) is 2.58. The van der Waals surface area contributed by atoms with Crippen molar-refractivity contribution in [2.45, 2.75) is 26.5 Å². The maximum Gasteiger partial charge on any atom is 0.348 e. The van der Waals surface area contributed by atoms with Crippen LogP contribution in [0.25, 0.3) is 0 Å². The number of rotatable bonds is 3. The monoisotopic (exact) mass is 361 g/mol. The number of halogens is 1. The van der Waals surface area contributed by atoms with Crippen molar-refractivity contribution in [3.8, 4) is 0 Å². The number of hydrogen-bond donors (Lipinski definition) is 0. The summed E-state index contributed by atoms with van der Waals surface area (Å²) in [6.45, 7) is 4.98. The molecule has 1 saturated heterocycles. The van der Waals surface area contributed by atoms with Gasteiger partial charge in [-0.2, -0.15) is 4.98 Å². The van der Waals surface area contributed by atoms with Gasteiger partial charge in [-0.3, -0.25) is 9.36 Å². The van der Waals surface area contributed by atoms with Crippen molar-refractivity contribution in [3.05, 3.63) is 62.8 Å². The van der Waals surface area contributed by atoms with Gasteiger partial charge in [0.1, 0.15) is 12.6 Å². The second-order valence-electron chi connectivity index (χ2n) is 6.16. The third kappa shape index (κ3) is 4.08. The number of carbonyl (C=O) groups excluding carboxylic acids is 1. The van der Waals surface area contributed by atoms with Gasteiger partial charge in [-0.1, -0.05) is 23.7 Å². The molecule has 0 spiro atoms. The number of aromatic nitrogens is 2. The SMILES string of the molecule is Cc1cc(C)n(CC(=O)N2CCO[C@@H](c3ccc(Cl)cc3)C2)c(=O)n1. The molecule has 1 aliphatic heterocycles. The standard InChI is InChI=1S/C18H20ClN3O3/c1-12-9-13(2)22(18(24)20-12)11-17(23)21-7-8-25-16(10-21)14-3-5-15(19)6-4-14/h3-6,9,16H,7-8,10-11H2,1-2H3/t16-/m1/s1. The molecule has 0 saturated carbocycles. The Morgan fingerprint density at radius 3 is 2.72 bits per heavy atom. The lowest BCUT2D eigenvalue weighted by atomic mass is 10.1. The van der Waals surface area contributed by atoms with Gasteiger partial charge < -0.3 is 9.64 Å². The molecule has 2 heterocycles. The minimum Gasteiger partial charge on any atom is -0.370 e. The molecule has 25 heavy (non-hydrogen) atoms. The van der Waals surface area contributed by atoms with E-state index in [1.165, 1.54) is 4.57 Å². The summed E-state index contributed by atoms with van der Waals surface area (Å²) in [4.78, 5) is 30.3. The van der Waals surface area contributed by atoms with Gasteiger partial charge in [0.15, 0.2) is 0 Å². The summed E-state index contributed by atoms with van der Waals surface area (Å²) in [5, 5.41) is 0.661. The normalized spacial score (nSPS) is 17.6.